The maximum Gasteiger partial charge on any atom is 0.324 e. The molecule has 1 aliphatic heterocycles. The molecule has 0 aliphatic carbocycles. The molecule has 6 heteroatoms. The summed E-state index contributed by atoms with van der Waals surface area (Å²) in [5.41, 5.74) is 0. The van der Waals surface area contributed by atoms with Gasteiger partial charge in [0, 0.05) is 30.1 Å². The Morgan fingerprint density at radius 2 is 2.16 bits per heavy atom. The second-order valence-corrected chi connectivity index (χ2v) is 5.87. The van der Waals surface area contributed by atoms with Crippen LogP contribution in [0.5, 0.6) is 0 Å². The molecule has 2 rings (SSSR count). The normalized spacial score (nSPS) is 17.0. The van der Waals surface area contributed by atoms with Gasteiger partial charge in [0.1, 0.15) is 0 Å². The highest BCUT2D eigenvalue weighted by Crippen LogP contribution is 2.25. The maximum atomic E-state index is 11.9. The van der Waals surface area contributed by atoms with Crippen molar-refractivity contribution in [1.82, 2.24) is 4.90 Å². The fourth-order valence-electron chi connectivity index (χ4n) is 2.02. The van der Waals surface area contributed by atoms with E-state index in [1.54, 1.807) is 12.1 Å². The van der Waals surface area contributed by atoms with Crippen LogP contribution in [0, 0.1) is 16.0 Å². The Bertz CT molecular complexity index is 502. The number of carbonyl (C=O) groups excluding carboxylic acids is 1. The molecule has 1 amide bonds. The van der Waals surface area contributed by atoms with E-state index in [-0.39, 0.29) is 10.9 Å². The zero-order chi connectivity index (χ0) is 13.8. The van der Waals surface area contributed by atoms with Gasteiger partial charge in [-0.05, 0) is 30.9 Å². The van der Waals surface area contributed by atoms with Crippen molar-refractivity contribution in [2.24, 2.45) is 5.92 Å². The third-order valence-corrected chi connectivity index (χ3v) is 4.28. The minimum Gasteiger partial charge on any atom is -0.339 e. The Morgan fingerprint density at radius 3 is 2.74 bits per heavy atom. The first-order chi connectivity index (χ1) is 9.06. The van der Waals surface area contributed by atoms with Crippen LogP contribution >= 0.6 is 11.3 Å². The predicted octanol–water partition coefficient (Wildman–Crippen LogP) is 2.93. The largest absolute Gasteiger partial charge is 0.339 e. The zero-order valence-corrected chi connectivity index (χ0v) is 11.6. The van der Waals surface area contributed by atoms with Crippen molar-refractivity contribution in [1.29, 1.82) is 0 Å². The highest BCUT2D eigenvalue weighted by Gasteiger charge is 2.18. The minimum atomic E-state index is -0.421. The van der Waals surface area contributed by atoms with Gasteiger partial charge < -0.3 is 4.90 Å². The molecular weight excluding hydrogens is 264 g/mol. The summed E-state index contributed by atoms with van der Waals surface area (Å²) in [6.45, 7) is 3.80. The molecule has 1 aromatic rings. The summed E-state index contributed by atoms with van der Waals surface area (Å²) in [7, 11) is 0. The molecule has 2 heterocycles. The Hall–Kier alpha value is -1.69. The SMILES string of the molecule is CC1CCN(C(=O)/C=C/c2ccc([N+](=O)[O-])s2)CC1. The molecule has 19 heavy (non-hydrogen) atoms. The molecule has 0 spiro atoms. The molecule has 0 N–H and O–H groups in total. The molecule has 0 unspecified atom stereocenters. The van der Waals surface area contributed by atoms with Gasteiger partial charge in [0.05, 0.1) is 4.92 Å². The van der Waals surface area contributed by atoms with Crippen LogP contribution in [0.4, 0.5) is 5.00 Å². The van der Waals surface area contributed by atoms with Gasteiger partial charge in [-0.2, -0.15) is 0 Å². The van der Waals surface area contributed by atoms with Gasteiger partial charge in [-0.1, -0.05) is 18.3 Å². The molecule has 0 aromatic carbocycles. The van der Waals surface area contributed by atoms with Crippen molar-refractivity contribution in [3.05, 3.63) is 33.2 Å². The first-order valence-electron chi connectivity index (χ1n) is 6.27. The summed E-state index contributed by atoms with van der Waals surface area (Å²) in [6, 6.07) is 3.11. The van der Waals surface area contributed by atoms with Gasteiger partial charge >= 0.3 is 5.00 Å². The summed E-state index contributed by atoms with van der Waals surface area (Å²) < 4.78 is 0. The first-order valence-corrected chi connectivity index (χ1v) is 7.09. The van der Waals surface area contributed by atoms with Crippen molar-refractivity contribution in [2.45, 2.75) is 19.8 Å². The number of rotatable bonds is 3. The fraction of sp³-hybridized carbons (Fsp3) is 0.462. The number of carbonyl (C=O) groups is 1. The minimum absolute atomic E-state index is 0.0112. The van der Waals surface area contributed by atoms with Gasteiger partial charge in [0.15, 0.2) is 0 Å². The lowest BCUT2D eigenvalue weighted by Gasteiger charge is -2.29. The summed E-state index contributed by atoms with van der Waals surface area (Å²) in [4.78, 5) is 24.6. The number of piperidine rings is 1. The van der Waals surface area contributed by atoms with Crippen LogP contribution in [0.3, 0.4) is 0 Å². The van der Waals surface area contributed by atoms with Crippen molar-refractivity contribution in [3.63, 3.8) is 0 Å². The van der Waals surface area contributed by atoms with E-state index < -0.39 is 4.92 Å². The van der Waals surface area contributed by atoms with Crippen LogP contribution in [0.2, 0.25) is 0 Å². The molecule has 0 bridgehead atoms. The van der Waals surface area contributed by atoms with Crippen LogP contribution in [-0.4, -0.2) is 28.8 Å². The number of nitro groups is 1. The average Bonchev–Trinajstić information content (AvgIpc) is 2.86. The molecule has 102 valence electrons. The Balaban J connectivity index is 1.94. The van der Waals surface area contributed by atoms with Crippen LogP contribution in [0.25, 0.3) is 6.08 Å². The number of amides is 1. The number of hydrogen-bond donors (Lipinski definition) is 0. The van der Waals surface area contributed by atoms with E-state index in [2.05, 4.69) is 6.92 Å². The first kappa shape index (κ1) is 13.7. The van der Waals surface area contributed by atoms with E-state index in [1.807, 2.05) is 4.90 Å². The number of hydrogen-bond acceptors (Lipinski definition) is 4. The van der Waals surface area contributed by atoms with Crippen molar-refractivity contribution < 1.29 is 9.72 Å². The Kier molecular flexibility index (Phi) is 4.31. The highest BCUT2D eigenvalue weighted by molar-refractivity contribution is 7.16. The molecule has 1 saturated heterocycles. The van der Waals surface area contributed by atoms with Gasteiger partial charge in [-0.25, -0.2) is 0 Å². The molecule has 1 fully saturated rings. The van der Waals surface area contributed by atoms with Crippen LogP contribution in [0.1, 0.15) is 24.6 Å². The monoisotopic (exact) mass is 280 g/mol. The topological polar surface area (TPSA) is 63.5 Å². The summed E-state index contributed by atoms with van der Waals surface area (Å²) in [5, 5.41) is 10.6. The van der Waals surface area contributed by atoms with E-state index in [9.17, 15) is 14.9 Å². The number of thiophene rings is 1. The smallest absolute Gasteiger partial charge is 0.324 e. The molecule has 0 radical (unpaired) electrons. The van der Waals surface area contributed by atoms with E-state index >= 15 is 0 Å². The third kappa shape index (κ3) is 3.64. The molecular formula is C13H16N2O3S. The quantitative estimate of drug-likeness (QED) is 0.486. The Labute approximate surface area is 115 Å². The van der Waals surface area contributed by atoms with E-state index in [0.717, 1.165) is 42.1 Å². The van der Waals surface area contributed by atoms with Crippen molar-refractivity contribution >= 4 is 28.3 Å². The van der Waals surface area contributed by atoms with Crippen molar-refractivity contribution in [2.75, 3.05) is 13.1 Å². The molecule has 1 aliphatic rings. The lowest BCUT2D eigenvalue weighted by Crippen LogP contribution is -2.36. The van der Waals surface area contributed by atoms with Crippen molar-refractivity contribution in [3.8, 4) is 0 Å². The molecule has 0 saturated carbocycles. The van der Waals surface area contributed by atoms with E-state index in [1.165, 1.54) is 12.1 Å². The number of likely N-dealkylation sites (tertiary alicyclic amines) is 1. The number of nitrogens with zero attached hydrogens (tertiary/aromatic N) is 2. The molecule has 0 atom stereocenters. The summed E-state index contributed by atoms with van der Waals surface area (Å²) in [6.07, 6.45) is 5.25. The lowest BCUT2D eigenvalue weighted by molar-refractivity contribution is -0.380. The van der Waals surface area contributed by atoms with Gasteiger partial charge in [0.2, 0.25) is 5.91 Å². The van der Waals surface area contributed by atoms with E-state index in [4.69, 9.17) is 0 Å². The zero-order valence-electron chi connectivity index (χ0n) is 10.7. The summed E-state index contributed by atoms with van der Waals surface area (Å²) in [5.74, 6) is 0.677. The average molecular weight is 280 g/mol. The Morgan fingerprint density at radius 1 is 1.47 bits per heavy atom. The lowest BCUT2D eigenvalue weighted by atomic mass is 9.99. The fourth-order valence-corrected chi connectivity index (χ4v) is 2.74. The second kappa shape index (κ2) is 5.97. The van der Waals surface area contributed by atoms with Crippen LogP contribution < -0.4 is 0 Å². The molecule has 5 nitrogen and oxygen atoms in total. The second-order valence-electron chi connectivity index (χ2n) is 4.77. The van der Waals surface area contributed by atoms with Gasteiger partial charge in [-0.15, -0.1) is 0 Å². The molecule has 1 aromatic heterocycles. The van der Waals surface area contributed by atoms with Gasteiger partial charge in [0.25, 0.3) is 0 Å². The standard InChI is InChI=1S/C13H16N2O3S/c1-10-6-8-14(9-7-10)12(16)4-2-11-3-5-13(19-11)15(17)18/h2-5,10H,6-9H2,1H3/b4-2+. The predicted molar refractivity (Wildman–Crippen MR) is 75.0 cm³/mol. The van der Waals surface area contributed by atoms with Gasteiger partial charge in [-0.3, -0.25) is 14.9 Å². The van der Waals surface area contributed by atoms with Crippen LogP contribution in [0.15, 0.2) is 18.2 Å². The third-order valence-electron chi connectivity index (χ3n) is 3.28. The van der Waals surface area contributed by atoms with E-state index in [0.29, 0.717) is 5.92 Å². The highest BCUT2D eigenvalue weighted by atomic mass is 32.1. The summed E-state index contributed by atoms with van der Waals surface area (Å²) >= 11 is 1.07. The maximum absolute atomic E-state index is 11.9. The van der Waals surface area contributed by atoms with Crippen LogP contribution in [-0.2, 0) is 4.79 Å².